The van der Waals surface area contributed by atoms with Gasteiger partial charge in [0.2, 0.25) is 0 Å². The van der Waals surface area contributed by atoms with Crippen LogP contribution in [-0.4, -0.2) is 47.5 Å². The Morgan fingerprint density at radius 3 is 1.77 bits per heavy atom. The molecule has 2 heterocycles. The molecule has 2 saturated heterocycles. The smallest absolute Gasteiger partial charge is 0.0774 e. The van der Waals surface area contributed by atoms with Gasteiger partial charge in [-0.2, -0.15) is 0 Å². The lowest BCUT2D eigenvalue weighted by Crippen LogP contribution is -2.63. The summed E-state index contributed by atoms with van der Waals surface area (Å²) in [5, 5.41) is 11.9. The third kappa shape index (κ3) is 5.13. The van der Waals surface area contributed by atoms with Gasteiger partial charge < -0.3 is 10.6 Å². The molecule has 1 aromatic carbocycles. The zero-order chi connectivity index (χ0) is 28.5. The topological polar surface area (TPSA) is 24.1 Å². The molecule has 2 nitrogen and oxygen atoms in total. The monoisotopic (exact) mass is 614 g/mol. The second-order valence-electron chi connectivity index (χ2n) is 17.0. The summed E-state index contributed by atoms with van der Waals surface area (Å²) in [5.74, 6) is 3.71. The molecular formula is C34H60N2P2Si2. The van der Waals surface area contributed by atoms with Crippen molar-refractivity contribution in [3.63, 3.8) is 0 Å². The Balaban J connectivity index is 1.64. The minimum atomic E-state index is -1.55. The fourth-order valence-electron chi connectivity index (χ4n) is 10.7. The number of hydrogen-bond donors (Lipinski definition) is 2. The minimum Gasteiger partial charge on any atom is -0.313 e. The normalized spacial score (nSPS) is 37.9. The van der Waals surface area contributed by atoms with Crippen LogP contribution in [0.2, 0.25) is 39.3 Å². The molecule has 224 valence electrons. The van der Waals surface area contributed by atoms with Crippen molar-refractivity contribution in [2.24, 2.45) is 23.7 Å². The van der Waals surface area contributed by atoms with Crippen LogP contribution in [0.1, 0.15) is 81.8 Å². The summed E-state index contributed by atoms with van der Waals surface area (Å²) in [5.41, 5.74) is 3.98. The lowest BCUT2D eigenvalue weighted by atomic mass is 9.43. The molecule has 0 aromatic heterocycles. The van der Waals surface area contributed by atoms with E-state index < -0.39 is 16.1 Å². The highest BCUT2D eigenvalue weighted by molar-refractivity contribution is 7.18. The minimum absolute atomic E-state index is 0.0529. The first-order valence-corrected chi connectivity index (χ1v) is 25.4. The van der Waals surface area contributed by atoms with Gasteiger partial charge in [-0.25, -0.2) is 0 Å². The molecule has 4 aliphatic carbocycles. The van der Waals surface area contributed by atoms with E-state index in [2.05, 4.69) is 80.5 Å². The van der Waals surface area contributed by atoms with Gasteiger partial charge in [-0.15, -0.1) is 18.5 Å². The first-order valence-electron chi connectivity index (χ1n) is 17.0. The van der Waals surface area contributed by atoms with E-state index in [-0.39, 0.29) is 5.16 Å². The molecule has 6 fully saturated rings. The highest BCUT2D eigenvalue weighted by Crippen LogP contribution is 2.65. The number of piperidine rings is 2. The zero-order valence-corrected chi connectivity index (χ0v) is 31.0. The van der Waals surface area contributed by atoms with E-state index >= 15 is 0 Å². The van der Waals surface area contributed by atoms with Crippen LogP contribution in [0.3, 0.4) is 0 Å². The van der Waals surface area contributed by atoms with Gasteiger partial charge >= 0.3 is 0 Å². The highest BCUT2D eigenvalue weighted by Gasteiger charge is 2.59. The molecule has 7 rings (SSSR count). The molecule has 2 N–H and O–H groups in total. The molecule has 2 aliphatic heterocycles. The van der Waals surface area contributed by atoms with Gasteiger partial charge in [0.15, 0.2) is 0 Å². The fraction of sp³-hybridized carbons (Fsp3) is 0.824. The predicted molar refractivity (Wildman–Crippen MR) is 188 cm³/mol. The molecule has 7 atom stereocenters. The van der Waals surface area contributed by atoms with Crippen molar-refractivity contribution >= 4 is 45.0 Å². The van der Waals surface area contributed by atoms with Crippen LogP contribution < -0.4 is 21.0 Å². The zero-order valence-electron chi connectivity index (χ0n) is 26.7. The van der Waals surface area contributed by atoms with Gasteiger partial charge in [0.1, 0.15) is 0 Å². The number of hydrogen-bond acceptors (Lipinski definition) is 2. The van der Waals surface area contributed by atoms with Gasteiger partial charge in [-0.3, -0.25) is 0 Å². The van der Waals surface area contributed by atoms with Crippen LogP contribution >= 0.6 is 18.5 Å². The highest BCUT2D eigenvalue weighted by atomic mass is 31.0. The Kier molecular flexibility index (Phi) is 8.45. The lowest BCUT2D eigenvalue weighted by Gasteiger charge is -2.63. The van der Waals surface area contributed by atoms with Gasteiger partial charge in [0, 0.05) is 17.2 Å². The Labute approximate surface area is 253 Å². The average Bonchev–Trinajstić information content (AvgIpc) is 2.91. The van der Waals surface area contributed by atoms with Crippen molar-refractivity contribution in [2.75, 3.05) is 19.3 Å². The summed E-state index contributed by atoms with van der Waals surface area (Å²) in [4.78, 5) is 0. The van der Waals surface area contributed by atoms with Crippen molar-refractivity contribution in [1.29, 1.82) is 0 Å². The van der Waals surface area contributed by atoms with Gasteiger partial charge in [-0.1, -0.05) is 74.6 Å². The maximum Gasteiger partial charge on any atom is 0.0774 e. The Bertz CT molecular complexity index is 1050. The molecule has 40 heavy (non-hydrogen) atoms. The first kappa shape index (κ1) is 30.5. The van der Waals surface area contributed by atoms with Crippen molar-refractivity contribution in [3.8, 4) is 0 Å². The van der Waals surface area contributed by atoms with Gasteiger partial charge in [0.25, 0.3) is 0 Å². The first-order chi connectivity index (χ1) is 18.9. The summed E-state index contributed by atoms with van der Waals surface area (Å²) < 4.78 is 0. The standard InChI is InChI=1S/C34H60N2P2Si2/c1-39(2,3)29-18-26(33-20-23-15-24(21-33)17-25(16-23)28(33)22-37)27(19-30(29)40(4,5)6)34(38,31-11-7-9-13-35-31)32-12-8-10-14-36-32/h18-19,23-25,28,31-32,35-36H,7-17,20-22,37-38H2,1-6H3. The SMILES string of the molecule is C[Si](C)(C)c1cc(C23CC4CC(CC(C4)C2CP)C3)c(C(P)(C2CCCCN2)C2CCCCN2)cc1[Si](C)(C)C. The van der Waals surface area contributed by atoms with E-state index in [1.807, 2.05) is 10.8 Å². The molecule has 6 heteroatoms. The largest absolute Gasteiger partial charge is 0.313 e. The van der Waals surface area contributed by atoms with Gasteiger partial charge in [0.05, 0.1) is 16.1 Å². The van der Waals surface area contributed by atoms with E-state index in [0.717, 1.165) is 23.7 Å². The summed E-state index contributed by atoms with van der Waals surface area (Å²) in [6.07, 6.45) is 16.8. The van der Waals surface area contributed by atoms with Crippen LogP contribution in [0.25, 0.3) is 0 Å². The summed E-state index contributed by atoms with van der Waals surface area (Å²) in [6, 6.07) is 6.90. The summed E-state index contributed by atoms with van der Waals surface area (Å²) in [6.45, 7) is 18.1. The molecular weight excluding hydrogens is 555 g/mol. The van der Waals surface area contributed by atoms with Crippen molar-refractivity contribution < 1.29 is 0 Å². The summed E-state index contributed by atoms with van der Waals surface area (Å²) in [7, 11) is 3.81. The van der Waals surface area contributed by atoms with Crippen molar-refractivity contribution in [3.05, 3.63) is 23.3 Å². The van der Waals surface area contributed by atoms with E-state index in [9.17, 15) is 0 Å². The van der Waals surface area contributed by atoms with Crippen LogP contribution in [0.15, 0.2) is 12.1 Å². The molecule has 1 aromatic rings. The molecule has 0 radical (unpaired) electrons. The number of nitrogens with one attached hydrogen (secondary N) is 2. The van der Waals surface area contributed by atoms with E-state index in [1.54, 1.807) is 10.8 Å². The van der Waals surface area contributed by atoms with E-state index in [4.69, 9.17) is 0 Å². The molecule has 4 bridgehead atoms. The Morgan fingerprint density at radius 2 is 1.32 bits per heavy atom. The van der Waals surface area contributed by atoms with Crippen molar-refractivity contribution in [1.82, 2.24) is 10.6 Å². The average molecular weight is 615 g/mol. The third-order valence-corrected chi connectivity index (χ3v) is 18.3. The summed E-state index contributed by atoms with van der Waals surface area (Å²) >= 11 is 0. The lowest BCUT2D eigenvalue weighted by molar-refractivity contribution is -0.0524. The Morgan fingerprint density at radius 1 is 0.800 bits per heavy atom. The maximum absolute atomic E-state index is 4.14. The molecule has 6 aliphatic rings. The number of rotatable bonds is 7. The molecule has 0 spiro atoms. The van der Waals surface area contributed by atoms with Crippen LogP contribution in [0.5, 0.6) is 0 Å². The second kappa shape index (κ2) is 11.1. The molecule has 0 amide bonds. The maximum atomic E-state index is 4.14. The Hall–Kier alpha value is 0.434. The number of benzene rings is 1. The fourth-order valence-corrected chi connectivity index (χ4v) is 17.5. The van der Waals surface area contributed by atoms with E-state index in [0.29, 0.717) is 17.5 Å². The van der Waals surface area contributed by atoms with Gasteiger partial charge in [-0.05, 0) is 117 Å². The van der Waals surface area contributed by atoms with Crippen molar-refractivity contribution in [2.45, 2.75) is 133 Å². The predicted octanol–water partition coefficient (Wildman–Crippen LogP) is 6.70. The second-order valence-corrected chi connectivity index (χ2v) is 28.5. The van der Waals surface area contributed by atoms with Crippen LogP contribution in [0, 0.1) is 23.7 Å². The third-order valence-electron chi connectivity index (χ3n) is 12.3. The van der Waals surface area contributed by atoms with Crippen LogP contribution in [-0.2, 0) is 10.6 Å². The molecule has 7 unspecified atom stereocenters. The quantitative estimate of drug-likeness (QED) is 0.264. The van der Waals surface area contributed by atoms with E-state index in [1.165, 1.54) is 89.9 Å². The van der Waals surface area contributed by atoms with Crippen LogP contribution in [0.4, 0.5) is 0 Å². The molecule has 4 saturated carbocycles.